The molecule has 0 unspecified atom stereocenters. The number of nitrogens with zero attached hydrogens (tertiary/aromatic N) is 4. The summed E-state index contributed by atoms with van der Waals surface area (Å²) in [4.78, 5) is -0.376. The first-order valence-electron chi connectivity index (χ1n) is 10.6. The zero-order valence-corrected chi connectivity index (χ0v) is 22.8. The van der Waals surface area contributed by atoms with Crippen molar-refractivity contribution in [3.63, 3.8) is 0 Å². The molecule has 178 valence electrons. The third-order valence-corrected chi connectivity index (χ3v) is 5.83. The van der Waals surface area contributed by atoms with Crippen molar-refractivity contribution in [1.29, 1.82) is 0 Å². The first kappa shape index (κ1) is 27.4. The second kappa shape index (κ2) is 12.2. The standard InChI is InChI=1S/C25H22N4O5S.Na/c1-3-34-18-10-8-17(9-11-18)26-27-22-14-15-23(28-29-24-6-4-5-7-25(24)33-2)21-16-19(35(30,31)32)12-13-20(21)22;/h4-16H,3H2,1-2H3,(H,30,31,32);/q;+1/p-1. The number of ether oxygens (including phenoxy) is 2. The fraction of sp³-hybridized carbons (Fsp3) is 0.120. The summed E-state index contributed by atoms with van der Waals surface area (Å²) in [5, 5.41) is 18.1. The first-order chi connectivity index (χ1) is 16.9. The molecule has 0 aliphatic rings. The van der Waals surface area contributed by atoms with Gasteiger partial charge in [-0.1, -0.05) is 18.2 Å². The van der Waals surface area contributed by atoms with Crippen LogP contribution in [0.3, 0.4) is 0 Å². The van der Waals surface area contributed by atoms with Gasteiger partial charge in [-0.15, -0.1) is 15.3 Å². The maximum Gasteiger partial charge on any atom is 1.00 e. The van der Waals surface area contributed by atoms with E-state index in [0.717, 1.165) is 5.75 Å². The molecule has 0 aromatic heterocycles. The molecule has 36 heavy (non-hydrogen) atoms. The van der Waals surface area contributed by atoms with Gasteiger partial charge in [-0.2, -0.15) is 5.11 Å². The van der Waals surface area contributed by atoms with Crippen LogP contribution in [0.2, 0.25) is 0 Å². The van der Waals surface area contributed by atoms with E-state index in [9.17, 15) is 13.0 Å². The second-order valence-corrected chi connectivity index (χ2v) is 8.64. The molecule has 4 aromatic carbocycles. The van der Waals surface area contributed by atoms with Crippen molar-refractivity contribution in [1.82, 2.24) is 0 Å². The van der Waals surface area contributed by atoms with E-state index in [-0.39, 0.29) is 34.5 Å². The van der Waals surface area contributed by atoms with Crippen LogP contribution in [-0.2, 0) is 10.1 Å². The van der Waals surface area contributed by atoms with Crippen LogP contribution in [0.25, 0.3) is 10.8 Å². The van der Waals surface area contributed by atoms with Crippen LogP contribution in [0.1, 0.15) is 6.92 Å². The molecule has 0 amide bonds. The zero-order valence-electron chi connectivity index (χ0n) is 20.0. The van der Waals surface area contributed by atoms with Crippen LogP contribution in [0.5, 0.6) is 11.5 Å². The van der Waals surface area contributed by atoms with Crippen molar-refractivity contribution in [3.8, 4) is 11.5 Å². The van der Waals surface area contributed by atoms with E-state index in [1.807, 2.05) is 13.0 Å². The van der Waals surface area contributed by atoms with Gasteiger partial charge in [0.15, 0.2) is 0 Å². The molecule has 0 bridgehead atoms. The minimum absolute atomic E-state index is 0. The molecule has 0 heterocycles. The summed E-state index contributed by atoms with van der Waals surface area (Å²) in [6.45, 7) is 2.47. The summed E-state index contributed by atoms with van der Waals surface area (Å²) in [7, 11) is -3.15. The second-order valence-electron chi connectivity index (χ2n) is 7.26. The summed E-state index contributed by atoms with van der Waals surface area (Å²) in [6, 6.07) is 21.6. The van der Waals surface area contributed by atoms with Gasteiger partial charge in [0.1, 0.15) is 27.3 Å². The van der Waals surface area contributed by atoms with Gasteiger partial charge < -0.3 is 14.0 Å². The Morgan fingerprint density at radius 1 is 0.778 bits per heavy atom. The molecule has 0 aliphatic heterocycles. The fourth-order valence-corrected chi connectivity index (χ4v) is 3.83. The third kappa shape index (κ3) is 6.54. The molecule has 0 radical (unpaired) electrons. The fourth-order valence-electron chi connectivity index (χ4n) is 3.33. The SMILES string of the molecule is CCOc1ccc(N=Nc2ccc(N=Nc3ccccc3OC)c3cc(S(=O)(=O)[O-])ccc23)cc1.[Na+]. The smallest absolute Gasteiger partial charge is 0.744 e. The maximum atomic E-state index is 11.6. The summed E-state index contributed by atoms with van der Waals surface area (Å²) >= 11 is 0. The van der Waals surface area contributed by atoms with E-state index in [1.165, 1.54) is 25.3 Å². The Kier molecular flexibility index (Phi) is 9.30. The zero-order chi connectivity index (χ0) is 24.8. The van der Waals surface area contributed by atoms with E-state index < -0.39 is 10.1 Å². The number of hydrogen-bond donors (Lipinski definition) is 0. The molecule has 0 fully saturated rings. The molecule has 4 rings (SSSR count). The number of azo groups is 2. The van der Waals surface area contributed by atoms with E-state index in [2.05, 4.69) is 20.5 Å². The largest absolute Gasteiger partial charge is 1.00 e. The Morgan fingerprint density at radius 3 is 2.08 bits per heavy atom. The number of methoxy groups -OCH3 is 1. The summed E-state index contributed by atoms with van der Waals surface area (Å²) in [6.07, 6.45) is 0. The summed E-state index contributed by atoms with van der Waals surface area (Å²) in [5.41, 5.74) is 1.94. The predicted molar refractivity (Wildman–Crippen MR) is 131 cm³/mol. The average Bonchev–Trinajstić information content (AvgIpc) is 2.86. The number of hydrogen-bond acceptors (Lipinski definition) is 9. The van der Waals surface area contributed by atoms with Gasteiger partial charge in [0, 0.05) is 10.8 Å². The van der Waals surface area contributed by atoms with Crippen molar-refractivity contribution in [2.75, 3.05) is 13.7 Å². The third-order valence-electron chi connectivity index (χ3n) is 5.00. The van der Waals surface area contributed by atoms with Gasteiger partial charge in [0.25, 0.3) is 0 Å². The van der Waals surface area contributed by atoms with Crippen molar-refractivity contribution in [2.45, 2.75) is 11.8 Å². The molecular formula is C25H21N4NaO5S. The minimum Gasteiger partial charge on any atom is -0.744 e. The van der Waals surface area contributed by atoms with Crippen LogP contribution in [0.4, 0.5) is 22.7 Å². The van der Waals surface area contributed by atoms with Gasteiger partial charge in [-0.05, 0) is 67.6 Å². The Labute approximate surface area is 230 Å². The molecule has 0 atom stereocenters. The predicted octanol–water partition coefficient (Wildman–Crippen LogP) is 3.99. The number of rotatable bonds is 8. The number of para-hydroxylation sites is 1. The van der Waals surface area contributed by atoms with Crippen LogP contribution >= 0.6 is 0 Å². The molecule has 4 aromatic rings. The number of fused-ring (bicyclic) bond motifs is 1. The van der Waals surface area contributed by atoms with E-state index >= 15 is 0 Å². The molecule has 0 saturated heterocycles. The van der Waals surface area contributed by atoms with Gasteiger partial charge in [0.2, 0.25) is 0 Å². The summed E-state index contributed by atoms with van der Waals surface area (Å²) in [5.74, 6) is 1.26. The van der Waals surface area contributed by atoms with E-state index in [1.54, 1.807) is 54.6 Å². The van der Waals surface area contributed by atoms with Gasteiger partial charge >= 0.3 is 29.6 Å². The van der Waals surface area contributed by atoms with Crippen LogP contribution in [0.15, 0.2) is 104 Å². The van der Waals surface area contributed by atoms with E-state index in [4.69, 9.17) is 9.47 Å². The minimum atomic E-state index is -4.67. The quantitative estimate of drug-likeness (QED) is 0.201. The van der Waals surface area contributed by atoms with Crippen LogP contribution in [0, 0.1) is 0 Å². The van der Waals surface area contributed by atoms with Crippen LogP contribution < -0.4 is 39.0 Å². The Bertz CT molecular complexity index is 1520. The van der Waals surface area contributed by atoms with Crippen molar-refractivity contribution < 1.29 is 52.0 Å². The van der Waals surface area contributed by atoms with Crippen molar-refractivity contribution in [2.24, 2.45) is 20.5 Å². The van der Waals surface area contributed by atoms with Crippen molar-refractivity contribution in [3.05, 3.63) is 78.9 Å². The Balaban J connectivity index is 0.00000361. The maximum absolute atomic E-state index is 11.6. The normalized spacial score (nSPS) is 11.6. The first-order valence-corrected chi connectivity index (χ1v) is 12.0. The molecule has 0 saturated carbocycles. The molecule has 9 nitrogen and oxygen atoms in total. The van der Waals surface area contributed by atoms with Gasteiger partial charge in [-0.3, -0.25) is 0 Å². The summed E-state index contributed by atoms with van der Waals surface area (Å²) < 4.78 is 45.6. The van der Waals surface area contributed by atoms with Gasteiger partial charge in [-0.25, -0.2) is 8.42 Å². The number of benzene rings is 4. The van der Waals surface area contributed by atoms with Crippen LogP contribution in [-0.4, -0.2) is 26.7 Å². The average molecular weight is 513 g/mol. The monoisotopic (exact) mass is 512 g/mol. The molecule has 11 heteroatoms. The molecule has 0 N–H and O–H groups in total. The molecule has 0 aliphatic carbocycles. The van der Waals surface area contributed by atoms with Gasteiger partial charge in [0.05, 0.1) is 35.7 Å². The Morgan fingerprint density at radius 2 is 1.42 bits per heavy atom. The van der Waals surface area contributed by atoms with Crippen molar-refractivity contribution >= 4 is 43.6 Å². The molecule has 0 spiro atoms. The van der Waals surface area contributed by atoms with E-state index in [0.29, 0.717) is 45.9 Å². The Hall–Kier alpha value is -3.15. The molecular weight excluding hydrogens is 491 g/mol. The topological polar surface area (TPSA) is 125 Å².